The number of imidazole rings is 1. The number of ether oxygens (including phenoxy) is 2. The number of pyridine rings is 1. The van der Waals surface area contributed by atoms with Gasteiger partial charge in [-0.3, -0.25) is 14.4 Å². The van der Waals surface area contributed by atoms with Crippen molar-refractivity contribution in [2.24, 2.45) is 0 Å². The normalized spacial score (nSPS) is 11.8. The maximum atomic E-state index is 15.0. The summed E-state index contributed by atoms with van der Waals surface area (Å²) in [7, 11) is 5.91. The van der Waals surface area contributed by atoms with Crippen molar-refractivity contribution in [2.45, 2.75) is 32.1 Å². The largest absolute Gasteiger partial charge is 0.483 e. The van der Waals surface area contributed by atoms with Crippen molar-refractivity contribution < 1.29 is 51.3 Å². The van der Waals surface area contributed by atoms with Gasteiger partial charge in [0.15, 0.2) is 17.7 Å². The number of likely N-dealkylation sites (N-methyl/N-ethyl adjacent to an activating group) is 1. The van der Waals surface area contributed by atoms with Gasteiger partial charge in [-0.2, -0.15) is 4.39 Å². The molecular weight excluding hydrogens is 684 g/mol. The molecule has 0 fully saturated rings. The molecule has 2 N–H and O–H groups in total. The molecule has 14 nitrogen and oxygen atoms in total. The Morgan fingerprint density at radius 1 is 1.02 bits per heavy atom. The third-order valence-corrected chi connectivity index (χ3v) is 7.24. The highest BCUT2D eigenvalue weighted by Crippen LogP contribution is 2.32. The Kier molecular flexibility index (Phi) is 11.8. The second-order valence-electron chi connectivity index (χ2n) is 11.4. The van der Waals surface area contributed by atoms with Crippen molar-refractivity contribution in [3.05, 3.63) is 99.8 Å². The van der Waals surface area contributed by atoms with Gasteiger partial charge in [0, 0.05) is 52.1 Å². The number of nitrogens with one attached hydrogen (secondary N) is 1. The average molecular weight is 717 g/mol. The number of hydrogen-bond acceptors (Lipinski definition) is 8. The van der Waals surface area contributed by atoms with Gasteiger partial charge in [0.2, 0.25) is 11.7 Å². The first kappa shape index (κ1) is 37.6. The lowest BCUT2D eigenvalue weighted by atomic mass is 10.1. The monoisotopic (exact) mass is 716 g/mol. The average Bonchev–Trinajstić information content (AvgIpc) is 3.42. The molecule has 0 aliphatic rings. The van der Waals surface area contributed by atoms with Crippen LogP contribution in [0.5, 0.6) is 5.75 Å². The Morgan fingerprint density at radius 3 is 2.39 bits per heavy atom. The highest BCUT2D eigenvalue weighted by molar-refractivity contribution is 5.95. The molecule has 0 bridgehead atoms. The summed E-state index contributed by atoms with van der Waals surface area (Å²) in [6, 6.07) is 5.65. The minimum atomic E-state index is -1.68. The summed E-state index contributed by atoms with van der Waals surface area (Å²) in [6.07, 6.45) is 0.174. The number of carbonyl (C=O) groups excluding carboxylic acids is 3. The maximum absolute atomic E-state index is 15.0. The quantitative estimate of drug-likeness (QED) is 0.160. The van der Waals surface area contributed by atoms with Crippen LogP contribution in [0, 0.1) is 23.3 Å². The Bertz CT molecular complexity index is 2080. The zero-order valence-electron chi connectivity index (χ0n) is 27.7. The van der Waals surface area contributed by atoms with Gasteiger partial charge in [-0.25, -0.2) is 32.3 Å². The maximum Gasteiger partial charge on any atom is 0.417 e. The van der Waals surface area contributed by atoms with Gasteiger partial charge in [-0.05, 0) is 43.2 Å². The van der Waals surface area contributed by atoms with Crippen LogP contribution in [-0.2, 0) is 27.5 Å². The lowest BCUT2D eigenvalue weighted by Gasteiger charge is -2.19. The van der Waals surface area contributed by atoms with Crippen molar-refractivity contribution in [1.29, 1.82) is 0 Å². The Morgan fingerprint density at radius 2 is 1.75 bits per heavy atom. The molecule has 2 aromatic heterocycles. The SMILES string of the molecule is CN(C)C(=O)/C=C/CCC(OC(=O)N(C)C)C(=O)Nc1cccn(Cc2nc3c(OCc4ccc(F)cc4F)c(F)c(F)cc3n2C(=O)O)c1=O. The fraction of sp³-hybridized carbons (Fsp3) is 0.273. The fourth-order valence-corrected chi connectivity index (χ4v) is 4.59. The Balaban J connectivity index is 1.63. The lowest BCUT2D eigenvalue weighted by Crippen LogP contribution is -2.37. The van der Waals surface area contributed by atoms with E-state index in [1.807, 2.05) is 0 Å². The van der Waals surface area contributed by atoms with Crippen molar-refractivity contribution in [1.82, 2.24) is 23.9 Å². The first-order valence-corrected chi connectivity index (χ1v) is 15.0. The van der Waals surface area contributed by atoms with Gasteiger partial charge in [-0.1, -0.05) is 6.08 Å². The molecule has 0 saturated heterocycles. The zero-order valence-corrected chi connectivity index (χ0v) is 27.7. The predicted octanol–water partition coefficient (Wildman–Crippen LogP) is 4.34. The van der Waals surface area contributed by atoms with E-state index in [0.29, 0.717) is 16.7 Å². The third kappa shape index (κ3) is 8.89. The molecule has 4 aromatic rings. The van der Waals surface area contributed by atoms with E-state index in [-0.39, 0.29) is 30.0 Å². The van der Waals surface area contributed by atoms with Crippen LogP contribution in [0.1, 0.15) is 24.2 Å². The molecule has 1 unspecified atom stereocenters. The van der Waals surface area contributed by atoms with Crippen LogP contribution < -0.4 is 15.6 Å². The van der Waals surface area contributed by atoms with Crippen LogP contribution >= 0.6 is 0 Å². The lowest BCUT2D eigenvalue weighted by molar-refractivity contribution is -0.125. The van der Waals surface area contributed by atoms with Crippen molar-refractivity contribution in [3.63, 3.8) is 0 Å². The number of allylic oxidation sites excluding steroid dienone is 1. The molecule has 0 radical (unpaired) electrons. The fourth-order valence-electron chi connectivity index (χ4n) is 4.59. The number of amides is 3. The number of benzene rings is 2. The summed E-state index contributed by atoms with van der Waals surface area (Å²) in [5, 5.41) is 12.4. The van der Waals surface area contributed by atoms with Gasteiger partial charge in [0.05, 0.1) is 12.1 Å². The molecule has 2 heterocycles. The number of anilines is 1. The van der Waals surface area contributed by atoms with Crippen LogP contribution in [0.4, 0.5) is 32.8 Å². The van der Waals surface area contributed by atoms with Gasteiger partial charge >= 0.3 is 12.2 Å². The highest BCUT2D eigenvalue weighted by Gasteiger charge is 2.27. The molecule has 0 aliphatic heterocycles. The van der Waals surface area contributed by atoms with E-state index in [0.717, 1.165) is 21.6 Å². The number of carbonyl (C=O) groups is 4. The van der Waals surface area contributed by atoms with Crippen LogP contribution in [0.15, 0.2) is 59.5 Å². The Labute approximate surface area is 287 Å². The van der Waals surface area contributed by atoms with E-state index >= 15 is 0 Å². The van der Waals surface area contributed by atoms with E-state index < -0.39 is 88.8 Å². The molecule has 0 saturated carbocycles. The molecule has 1 atom stereocenters. The summed E-state index contributed by atoms with van der Waals surface area (Å²) in [4.78, 5) is 69.6. The topological polar surface area (TPSA) is 165 Å². The van der Waals surface area contributed by atoms with Gasteiger partial charge < -0.3 is 34.3 Å². The molecule has 3 amide bonds. The summed E-state index contributed by atoms with van der Waals surface area (Å²) < 4.78 is 69.2. The second kappa shape index (κ2) is 16.0. The van der Waals surface area contributed by atoms with Crippen LogP contribution in [0.3, 0.4) is 0 Å². The third-order valence-electron chi connectivity index (χ3n) is 7.24. The number of aromatic nitrogens is 3. The van der Waals surface area contributed by atoms with E-state index in [1.54, 1.807) is 14.1 Å². The molecule has 0 aliphatic carbocycles. The predicted molar refractivity (Wildman–Crippen MR) is 173 cm³/mol. The summed E-state index contributed by atoms with van der Waals surface area (Å²) >= 11 is 0. The van der Waals surface area contributed by atoms with Crippen molar-refractivity contribution in [3.8, 4) is 5.75 Å². The van der Waals surface area contributed by atoms with Crippen LogP contribution in [0.25, 0.3) is 11.0 Å². The Hall–Kier alpha value is -6.20. The van der Waals surface area contributed by atoms with E-state index in [9.17, 15) is 46.6 Å². The zero-order chi connectivity index (χ0) is 37.6. The smallest absolute Gasteiger partial charge is 0.417 e. The number of carboxylic acid groups (broad SMARTS) is 1. The number of hydrogen-bond donors (Lipinski definition) is 2. The van der Waals surface area contributed by atoms with E-state index in [4.69, 9.17) is 9.47 Å². The summed E-state index contributed by atoms with van der Waals surface area (Å²) in [5.41, 5.74) is -2.31. The minimum Gasteiger partial charge on any atom is -0.483 e. The standard InChI is InChI=1S/C33H32F4N6O8/c1-40(2)26(44)10-6-5-9-24(51-33(49)41(3)4)30(45)38-22-8-7-13-42(31(22)46)16-25-39-28-23(43(25)32(47)48)15-21(36)27(37)29(28)50-17-18-11-12-19(34)14-20(18)35/h6-8,10-15,24H,5,9,16-17H2,1-4H3,(H,38,45)(H,47,48)/b10-6+. The van der Waals surface area contributed by atoms with Crippen molar-refractivity contribution >= 4 is 40.7 Å². The van der Waals surface area contributed by atoms with Crippen LogP contribution in [-0.4, -0.2) is 87.3 Å². The van der Waals surface area contributed by atoms with E-state index in [2.05, 4.69) is 10.3 Å². The first-order chi connectivity index (χ1) is 24.1. The molecule has 2 aromatic carbocycles. The first-order valence-electron chi connectivity index (χ1n) is 15.0. The molecule has 4 rings (SSSR count). The van der Waals surface area contributed by atoms with Gasteiger partial charge in [0.1, 0.15) is 35.3 Å². The summed E-state index contributed by atoms with van der Waals surface area (Å²) in [6.45, 7) is -1.30. The van der Waals surface area contributed by atoms with Gasteiger partial charge in [0.25, 0.3) is 11.5 Å². The molecule has 270 valence electrons. The number of halogens is 4. The van der Waals surface area contributed by atoms with Gasteiger partial charge in [-0.15, -0.1) is 0 Å². The minimum absolute atomic E-state index is 0.0579. The van der Waals surface area contributed by atoms with Crippen LogP contribution in [0.2, 0.25) is 0 Å². The van der Waals surface area contributed by atoms with Crippen molar-refractivity contribution in [2.75, 3.05) is 33.5 Å². The molecular formula is C33H32F4N6O8. The highest BCUT2D eigenvalue weighted by atomic mass is 19.2. The number of rotatable bonds is 12. The molecule has 0 spiro atoms. The summed E-state index contributed by atoms with van der Waals surface area (Å²) in [5.74, 6) is -7.42. The molecule has 51 heavy (non-hydrogen) atoms. The second-order valence-corrected chi connectivity index (χ2v) is 11.4. The van der Waals surface area contributed by atoms with E-state index in [1.165, 1.54) is 49.5 Å². The molecule has 18 heteroatoms. The number of nitrogens with zero attached hydrogens (tertiary/aromatic N) is 5. The number of fused-ring (bicyclic) bond motifs is 1.